The average molecular weight is 496 g/mol. The largest absolute Gasteiger partial charge is 0.462 e. The van der Waals surface area contributed by atoms with Crippen LogP contribution in [-0.2, 0) is 33.1 Å². The summed E-state index contributed by atoms with van der Waals surface area (Å²) in [7, 11) is -2.30. The molecule has 1 atom stereocenters. The molecule has 0 radical (unpaired) electrons. The number of hydrogen-bond acceptors (Lipinski definition) is 5. The third-order valence-electron chi connectivity index (χ3n) is 6.17. The van der Waals surface area contributed by atoms with Crippen LogP contribution in [0, 0.1) is 19.8 Å². The summed E-state index contributed by atoms with van der Waals surface area (Å²) in [5.41, 5.74) is 1.83. The molecule has 0 unspecified atom stereocenters. The van der Waals surface area contributed by atoms with Crippen LogP contribution in [0.1, 0.15) is 47.1 Å². The van der Waals surface area contributed by atoms with Gasteiger partial charge in [0.2, 0.25) is 15.9 Å². The van der Waals surface area contributed by atoms with Crippen molar-refractivity contribution in [3.63, 3.8) is 0 Å². The maximum absolute atomic E-state index is 13.7. The molecule has 0 bridgehead atoms. The highest BCUT2D eigenvalue weighted by Crippen LogP contribution is 2.32. The summed E-state index contributed by atoms with van der Waals surface area (Å²) in [5, 5.41) is 3.43. The SMILES string of the molecule is CCOC(=O)c1c(S(=O)(=O)N2CCC[C@@H](C(=O)NCc3ccccc3Cl)C2)c(C)n(C)c1C. The Bertz CT molecular complexity index is 1160. The molecule has 8 nitrogen and oxygen atoms in total. The molecule has 1 saturated heterocycles. The summed E-state index contributed by atoms with van der Waals surface area (Å²) in [6.45, 7) is 5.78. The van der Waals surface area contributed by atoms with Gasteiger partial charge in [-0.1, -0.05) is 29.8 Å². The van der Waals surface area contributed by atoms with Crippen LogP contribution in [0.2, 0.25) is 5.02 Å². The van der Waals surface area contributed by atoms with Crippen molar-refractivity contribution < 1.29 is 22.7 Å². The number of nitrogens with zero attached hydrogens (tertiary/aromatic N) is 2. The van der Waals surface area contributed by atoms with E-state index in [1.54, 1.807) is 38.5 Å². The zero-order valence-corrected chi connectivity index (χ0v) is 20.9. The van der Waals surface area contributed by atoms with Gasteiger partial charge >= 0.3 is 5.97 Å². The fraction of sp³-hybridized carbons (Fsp3) is 0.478. The van der Waals surface area contributed by atoms with E-state index in [0.29, 0.717) is 29.3 Å². The fourth-order valence-corrected chi connectivity index (χ4v) is 6.35. The number of aromatic nitrogens is 1. The highest BCUT2D eigenvalue weighted by atomic mass is 35.5. The van der Waals surface area contributed by atoms with Gasteiger partial charge in [-0.3, -0.25) is 4.79 Å². The number of hydrogen-bond donors (Lipinski definition) is 1. The predicted octanol–water partition coefficient (Wildman–Crippen LogP) is 3.19. The Morgan fingerprint density at radius 1 is 1.21 bits per heavy atom. The zero-order valence-electron chi connectivity index (χ0n) is 19.4. The van der Waals surface area contributed by atoms with Crippen molar-refractivity contribution in [3.05, 3.63) is 51.8 Å². The molecule has 0 saturated carbocycles. The van der Waals surface area contributed by atoms with Crippen LogP contribution in [0.25, 0.3) is 0 Å². The standard InChI is InChI=1S/C23H30ClN3O5S/c1-5-32-23(29)20-15(2)26(4)16(3)21(20)33(30,31)27-12-8-10-18(14-27)22(28)25-13-17-9-6-7-11-19(17)24/h6-7,9,11,18H,5,8,10,12-14H2,1-4H3,(H,25,28)/t18-/m1/s1. The predicted molar refractivity (Wildman–Crippen MR) is 126 cm³/mol. The van der Waals surface area contributed by atoms with E-state index >= 15 is 0 Å². The number of amides is 1. The Hall–Kier alpha value is -2.36. The maximum atomic E-state index is 13.7. The van der Waals surface area contributed by atoms with Crippen LogP contribution in [0.15, 0.2) is 29.2 Å². The first-order chi connectivity index (χ1) is 15.6. The van der Waals surface area contributed by atoms with Crippen molar-refractivity contribution in [1.82, 2.24) is 14.2 Å². The summed E-state index contributed by atoms with van der Waals surface area (Å²) < 4.78 is 35.4. The molecule has 0 aliphatic carbocycles. The lowest BCUT2D eigenvalue weighted by Crippen LogP contribution is -2.45. The van der Waals surface area contributed by atoms with E-state index in [0.717, 1.165) is 5.56 Å². The fourth-order valence-electron chi connectivity index (χ4n) is 4.15. The van der Waals surface area contributed by atoms with Gasteiger partial charge in [0.25, 0.3) is 0 Å². The second-order valence-electron chi connectivity index (χ2n) is 8.17. The molecule has 1 fully saturated rings. The van der Waals surface area contributed by atoms with Crippen LogP contribution in [0.3, 0.4) is 0 Å². The highest BCUT2D eigenvalue weighted by molar-refractivity contribution is 7.89. The molecule has 180 valence electrons. The molecule has 1 aromatic carbocycles. The molecular formula is C23H30ClN3O5S. The second kappa shape index (κ2) is 10.3. The molecule has 10 heteroatoms. The quantitative estimate of drug-likeness (QED) is 0.595. The molecule has 2 aromatic rings. The Balaban J connectivity index is 1.82. The van der Waals surface area contributed by atoms with E-state index in [1.807, 2.05) is 18.2 Å². The van der Waals surface area contributed by atoms with E-state index in [-0.39, 0.29) is 42.6 Å². The summed E-state index contributed by atoms with van der Waals surface area (Å²) in [5.74, 6) is -1.38. The van der Waals surface area contributed by atoms with Gasteiger partial charge in [-0.15, -0.1) is 0 Å². The minimum atomic E-state index is -4.02. The van der Waals surface area contributed by atoms with Crippen LogP contribution < -0.4 is 5.32 Å². The van der Waals surface area contributed by atoms with Gasteiger partial charge in [0, 0.05) is 43.1 Å². The van der Waals surface area contributed by atoms with Gasteiger partial charge in [-0.05, 0) is 45.2 Å². The number of carbonyl (C=O) groups is 2. The van der Waals surface area contributed by atoms with Crippen LogP contribution in [-0.4, -0.2) is 48.9 Å². The second-order valence-corrected chi connectivity index (χ2v) is 10.4. The number of rotatable bonds is 7. The van der Waals surface area contributed by atoms with Crippen molar-refractivity contribution in [2.75, 3.05) is 19.7 Å². The van der Waals surface area contributed by atoms with Gasteiger partial charge in [0.05, 0.1) is 12.5 Å². The first kappa shape index (κ1) is 25.3. The zero-order chi connectivity index (χ0) is 24.3. The lowest BCUT2D eigenvalue weighted by molar-refractivity contribution is -0.126. The lowest BCUT2D eigenvalue weighted by Gasteiger charge is -2.31. The summed E-state index contributed by atoms with van der Waals surface area (Å²) in [6, 6.07) is 7.24. The number of halogens is 1. The van der Waals surface area contributed by atoms with Crippen molar-refractivity contribution >= 4 is 33.5 Å². The molecular weight excluding hydrogens is 466 g/mol. The third-order valence-corrected chi connectivity index (χ3v) is 8.56. The maximum Gasteiger partial charge on any atom is 0.341 e. The molecule has 1 amide bonds. The summed E-state index contributed by atoms with van der Waals surface area (Å²) >= 11 is 6.16. The normalized spacial score (nSPS) is 17.1. The Morgan fingerprint density at radius 3 is 2.58 bits per heavy atom. The van der Waals surface area contributed by atoms with Gasteiger partial charge in [-0.25, -0.2) is 13.2 Å². The first-order valence-corrected chi connectivity index (χ1v) is 12.8. The number of nitrogens with one attached hydrogen (secondary N) is 1. The first-order valence-electron chi connectivity index (χ1n) is 10.9. The van der Waals surface area contributed by atoms with E-state index in [9.17, 15) is 18.0 Å². The molecule has 1 aliphatic rings. The molecule has 1 aliphatic heterocycles. The summed E-state index contributed by atoms with van der Waals surface area (Å²) in [6.07, 6.45) is 1.13. The van der Waals surface area contributed by atoms with Gasteiger partial charge < -0.3 is 14.6 Å². The molecule has 0 spiro atoms. The number of sulfonamides is 1. The molecule has 33 heavy (non-hydrogen) atoms. The molecule has 2 heterocycles. The van der Waals surface area contributed by atoms with E-state index < -0.39 is 21.9 Å². The van der Waals surface area contributed by atoms with Gasteiger partial charge in [-0.2, -0.15) is 4.31 Å². The topological polar surface area (TPSA) is 97.7 Å². The van der Waals surface area contributed by atoms with Gasteiger partial charge in [0.15, 0.2) is 0 Å². The van der Waals surface area contributed by atoms with Crippen molar-refractivity contribution in [3.8, 4) is 0 Å². The van der Waals surface area contributed by atoms with Crippen molar-refractivity contribution in [2.45, 2.75) is 45.1 Å². The van der Waals surface area contributed by atoms with Crippen molar-refractivity contribution in [2.24, 2.45) is 13.0 Å². The van der Waals surface area contributed by atoms with E-state index in [1.165, 1.54) is 4.31 Å². The number of ether oxygens (including phenoxy) is 1. The van der Waals surface area contributed by atoms with Crippen LogP contribution in [0.4, 0.5) is 0 Å². The number of carbonyl (C=O) groups excluding carboxylic acids is 2. The highest BCUT2D eigenvalue weighted by Gasteiger charge is 2.39. The minimum absolute atomic E-state index is 0.0434. The molecule has 1 N–H and O–H groups in total. The average Bonchev–Trinajstić information content (AvgIpc) is 3.03. The van der Waals surface area contributed by atoms with E-state index in [2.05, 4.69) is 5.32 Å². The van der Waals surface area contributed by atoms with Gasteiger partial charge in [0.1, 0.15) is 10.5 Å². The van der Waals surface area contributed by atoms with Crippen LogP contribution >= 0.6 is 11.6 Å². The monoisotopic (exact) mass is 495 g/mol. The lowest BCUT2D eigenvalue weighted by atomic mass is 9.99. The van der Waals surface area contributed by atoms with Crippen LogP contribution in [0.5, 0.6) is 0 Å². The smallest absolute Gasteiger partial charge is 0.341 e. The molecule has 1 aromatic heterocycles. The minimum Gasteiger partial charge on any atom is -0.462 e. The Labute approximate surface area is 199 Å². The Kier molecular flexibility index (Phi) is 7.87. The number of benzene rings is 1. The third kappa shape index (κ3) is 5.10. The summed E-state index contributed by atoms with van der Waals surface area (Å²) in [4.78, 5) is 25.4. The van der Waals surface area contributed by atoms with Crippen molar-refractivity contribution in [1.29, 1.82) is 0 Å². The molecule has 3 rings (SSSR count). The number of piperidine rings is 1. The number of esters is 1. The van der Waals surface area contributed by atoms with E-state index in [4.69, 9.17) is 16.3 Å². The Morgan fingerprint density at radius 2 is 1.91 bits per heavy atom.